The minimum atomic E-state index is -0.681. The van der Waals surface area contributed by atoms with E-state index in [1.54, 1.807) is 12.1 Å². The molecule has 2 aromatic carbocycles. The van der Waals surface area contributed by atoms with Gasteiger partial charge in [0.2, 0.25) is 0 Å². The summed E-state index contributed by atoms with van der Waals surface area (Å²) in [6.45, 7) is 7.16. The number of hydrogen-bond acceptors (Lipinski definition) is 4. The third kappa shape index (κ3) is 2.95. The van der Waals surface area contributed by atoms with Crippen molar-refractivity contribution >= 4 is 5.97 Å². The van der Waals surface area contributed by atoms with Crippen molar-refractivity contribution in [1.29, 1.82) is 0 Å². The molecule has 1 N–H and O–H groups in total. The molecule has 2 aromatic rings. The smallest absolute Gasteiger partial charge is 0.338 e. The lowest BCUT2D eigenvalue weighted by Gasteiger charge is -2.18. The molecule has 1 aliphatic carbocycles. The van der Waals surface area contributed by atoms with Crippen LogP contribution < -0.4 is 0 Å². The van der Waals surface area contributed by atoms with Crippen molar-refractivity contribution in [2.45, 2.75) is 20.0 Å². The highest BCUT2D eigenvalue weighted by Crippen LogP contribution is 2.45. The lowest BCUT2D eigenvalue weighted by Crippen LogP contribution is -2.28. The molecule has 0 aromatic heterocycles. The van der Waals surface area contributed by atoms with Gasteiger partial charge in [-0.15, -0.1) is 0 Å². The molecule has 0 saturated carbocycles. The molecule has 24 heavy (non-hydrogen) atoms. The average molecular weight is 325 g/mol. The molecule has 126 valence electrons. The molecule has 0 spiro atoms. The normalized spacial score (nSPS) is 15.2. The number of rotatable bonds is 6. The van der Waals surface area contributed by atoms with Crippen LogP contribution in [0, 0.1) is 0 Å². The van der Waals surface area contributed by atoms with Crippen LogP contribution in [0.3, 0.4) is 0 Å². The molecule has 0 radical (unpaired) electrons. The van der Waals surface area contributed by atoms with Crippen molar-refractivity contribution in [3.63, 3.8) is 0 Å². The first-order chi connectivity index (χ1) is 11.7. The van der Waals surface area contributed by atoms with Gasteiger partial charge >= 0.3 is 5.97 Å². The molecule has 0 heterocycles. The van der Waals surface area contributed by atoms with Crippen LogP contribution in [0.1, 0.15) is 41.4 Å². The summed E-state index contributed by atoms with van der Waals surface area (Å²) in [6.07, 6.45) is -0.681. The van der Waals surface area contributed by atoms with Crippen molar-refractivity contribution in [2.24, 2.45) is 0 Å². The summed E-state index contributed by atoms with van der Waals surface area (Å²) in [5.74, 6) is -0.331. The van der Waals surface area contributed by atoms with Crippen LogP contribution in [0.4, 0.5) is 0 Å². The zero-order chi connectivity index (χ0) is 17.1. The van der Waals surface area contributed by atoms with Gasteiger partial charge in [-0.3, -0.25) is 0 Å². The first-order valence-corrected chi connectivity index (χ1v) is 8.47. The number of fused-ring (bicyclic) bond motifs is 3. The second-order valence-electron chi connectivity index (χ2n) is 5.92. The average Bonchev–Trinajstić information content (AvgIpc) is 2.92. The Balaban J connectivity index is 1.83. The second-order valence-corrected chi connectivity index (χ2v) is 5.92. The first kappa shape index (κ1) is 16.7. The number of ether oxygens (including phenoxy) is 1. The van der Waals surface area contributed by atoms with Gasteiger partial charge in [-0.05, 0) is 35.8 Å². The van der Waals surface area contributed by atoms with E-state index in [0.717, 1.165) is 41.9 Å². The van der Waals surface area contributed by atoms with E-state index in [4.69, 9.17) is 4.74 Å². The van der Waals surface area contributed by atoms with Gasteiger partial charge in [-0.1, -0.05) is 50.2 Å². The molecule has 4 nitrogen and oxygen atoms in total. The van der Waals surface area contributed by atoms with Crippen LogP contribution in [0.2, 0.25) is 0 Å². The van der Waals surface area contributed by atoms with E-state index in [0.29, 0.717) is 12.2 Å². The molecule has 0 amide bonds. The minimum Gasteiger partial charge on any atom is -0.461 e. The fourth-order valence-electron chi connectivity index (χ4n) is 3.28. The second kappa shape index (κ2) is 7.16. The van der Waals surface area contributed by atoms with Gasteiger partial charge in [0.15, 0.2) is 0 Å². The quantitative estimate of drug-likeness (QED) is 0.828. The van der Waals surface area contributed by atoms with Crippen molar-refractivity contribution in [3.8, 4) is 11.1 Å². The van der Waals surface area contributed by atoms with Crippen LogP contribution >= 0.6 is 0 Å². The van der Waals surface area contributed by atoms with Crippen molar-refractivity contribution in [1.82, 2.24) is 4.90 Å². The lowest BCUT2D eigenvalue weighted by atomic mass is 9.99. The molecule has 1 atom stereocenters. The van der Waals surface area contributed by atoms with E-state index < -0.39 is 6.10 Å². The van der Waals surface area contributed by atoms with Gasteiger partial charge < -0.3 is 14.7 Å². The highest BCUT2D eigenvalue weighted by Gasteiger charge is 2.30. The number of aliphatic hydroxyl groups excluding tert-OH is 1. The summed E-state index contributed by atoms with van der Waals surface area (Å²) in [5, 5.41) is 10.5. The van der Waals surface area contributed by atoms with Crippen molar-refractivity contribution in [2.75, 3.05) is 26.2 Å². The summed E-state index contributed by atoms with van der Waals surface area (Å²) < 4.78 is 5.48. The number of aliphatic hydroxyl groups is 1. The van der Waals surface area contributed by atoms with Gasteiger partial charge in [0.1, 0.15) is 12.7 Å². The van der Waals surface area contributed by atoms with Crippen LogP contribution in [-0.4, -0.2) is 42.2 Å². The van der Waals surface area contributed by atoms with Gasteiger partial charge in [0.05, 0.1) is 5.56 Å². The summed E-state index contributed by atoms with van der Waals surface area (Å²) in [7, 11) is 0. The van der Waals surface area contributed by atoms with Crippen LogP contribution in [0.15, 0.2) is 42.5 Å². The molecule has 0 bridgehead atoms. The zero-order valence-corrected chi connectivity index (χ0v) is 14.2. The van der Waals surface area contributed by atoms with E-state index in [1.165, 1.54) is 0 Å². The fourth-order valence-corrected chi connectivity index (χ4v) is 3.28. The van der Waals surface area contributed by atoms with E-state index >= 15 is 0 Å². The maximum Gasteiger partial charge on any atom is 0.338 e. The predicted octanol–water partition coefficient (Wildman–Crippen LogP) is 3.25. The number of hydrogen-bond donors (Lipinski definition) is 1. The Morgan fingerprint density at radius 2 is 1.79 bits per heavy atom. The van der Waals surface area contributed by atoms with Crippen LogP contribution in [0.25, 0.3) is 11.1 Å². The lowest BCUT2D eigenvalue weighted by molar-refractivity contribution is 0.0467. The SMILES string of the molecule is CCN(CC)CCOC(=O)c1cccc2c1-c1ccccc1[C@@H]2O. The Kier molecular flexibility index (Phi) is 4.97. The van der Waals surface area contributed by atoms with Gasteiger partial charge in [0, 0.05) is 12.1 Å². The number of carbonyl (C=O) groups is 1. The van der Waals surface area contributed by atoms with Gasteiger partial charge in [-0.25, -0.2) is 4.79 Å². The first-order valence-electron chi connectivity index (χ1n) is 8.47. The summed E-state index contributed by atoms with van der Waals surface area (Å²) in [4.78, 5) is 14.8. The Morgan fingerprint density at radius 3 is 2.54 bits per heavy atom. The van der Waals surface area contributed by atoms with E-state index in [-0.39, 0.29) is 5.97 Å². The highest BCUT2D eigenvalue weighted by atomic mass is 16.5. The van der Waals surface area contributed by atoms with Crippen LogP contribution in [-0.2, 0) is 4.74 Å². The third-order valence-electron chi connectivity index (χ3n) is 4.67. The molecule has 0 fully saturated rings. The Hall–Kier alpha value is -2.17. The molecule has 0 unspecified atom stereocenters. The molecule has 1 aliphatic rings. The van der Waals surface area contributed by atoms with E-state index in [1.807, 2.05) is 30.3 Å². The topological polar surface area (TPSA) is 49.8 Å². The highest BCUT2D eigenvalue weighted by molar-refractivity contribution is 6.00. The number of esters is 1. The Morgan fingerprint density at radius 1 is 1.08 bits per heavy atom. The third-order valence-corrected chi connectivity index (χ3v) is 4.67. The van der Waals surface area contributed by atoms with Gasteiger partial charge in [0.25, 0.3) is 0 Å². The Bertz CT molecular complexity index is 737. The monoisotopic (exact) mass is 325 g/mol. The summed E-state index contributed by atoms with van der Waals surface area (Å²) in [6, 6.07) is 13.1. The molecule has 3 rings (SSSR count). The molecular weight excluding hydrogens is 302 g/mol. The maximum absolute atomic E-state index is 12.6. The largest absolute Gasteiger partial charge is 0.461 e. The number of carbonyl (C=O) groups excluding carboxylic acids is 1. The minimum absolute atomic E-state index is 0.331. The molecule has 0 saturated heterocycles. The van der Waals surface area contributed by atoms with Crippen LogP contribution in [0.5, 0.6) is 0 Å². The summed E-state index contributed by atoms with van der Waals surface area (Å²) >= 11 is 0. The molecule has 4 heteroatoms. The van der Waals surface area contributed by atoms with Gasteiger partial charge in [-0.2, -0.15) is 0 Å². The Labute approximate surface area is 142 Å². The van der Waals surface area contributed by atoms with E-state index in [2.05, 4.69) is 18.7 Å². The molecular formula is C20H23NO3. The summed E-state index contributed by atoms with van der Waals surface area (Å²) in [5.41, 5.74) is 3.85. The maximum atomic E-state index is 12.6. The number of nitrogens with zero attached hydrogens (tertiary/aromatic N) is 1. The van der Waals surface area contributed by atoms with Crippen molar-refractivity contribution < 1.29 is 14.6 Å². The fraction of sp³-hybridized carbons (Fsp3) is 0.350. The van der Waals surface area contributed by atoms with Crippen molar-refractivity contribution in [3.05, 3.63) is 59.2 Å². The standard InChI is InChI=1S/C20H23NO3/c1-3-21(4-2)12-13-24-20(23)17-11-7-10-16-18(17)14-8-5-6-9-15(14)19(16)22/h5-11,19,22H,3-4,12-13H2,1-2H3/t19-/m0/s1. The number of likely N-dealkylation sites (N-methyl/N-ethyl adjacent to an activating group) is 1. The zero-order valence-electron chi connectivity index (χ0n) is 14.2. The predicted molar refractivity (Wildman–Crippen MR) is 94.0 cm³/mol. The molecule has 0 aliphatic heterocycles. The number of benzene rings is 2. The van der Waals surface area contributed by atoms with E-state index in [9.17, 15) is 9.90 Å².